The third-order valence-electron chi connectivity index (χ3n) is 2.66. The van der Waals surface area contributed by atoms with Crippen LogP contribution < -0.4 is 5.32 Å². The number of pyridine rings is 1. The molecule has 3 nitrogen and oxygen atoms in total. The Labute approximate surface area is 119 Å². The molecule has 0 aliphatic heterocycles. The first-order chi connectivity index (χ1) is 9.06. The van der Waals surface area contributed by atoms with E-state index in [1.807, 2.05) is 0 Å². The van der Waals surface area contributed by atoms with Crippen LogP contribution in [0.15, 0.2) is 47.1 Å². The minimum Gasteiger partial charge on any atom is -0.344 e. The summed E-state index contributed by atoms with van der Waals surface area (Å²) in [4.78, 5) is 16.0. The molecule has 1 unspecified atom stereocenters. The maximum Gasteiger partial charge on any atom is 0.270 e. The number of hydrogen-bond donors (Lipinski definition) is 1. The molecule has 0 bridgehead atoms. The molecule has 98 valence electrons. The molecule has 5 heteroatoms. The second-order valence-corrected chi connectivity index (χ2v) is 5.03. The fraction of sp³-hybridized carbons (Fsp3) is 0.143. The van der Waals surface area contributed by atoms with E-state index >= 15 is 0 Å². The number of rotatable bonds is 3. The van der Waals surface area contributed by atoms with Crippen molar-refractivity contribution in [2.45, 2.75) is 13.0 Å². The quantitative estimate of drug-likeness (QED) is 0.940. The van der Waals surface area contributed by atoms with Gasteiger partial charge in [0.1, 0.15) is 11.5 Å². The molecule has 0 aliphatic rings. The Hall–Kier alpha value is -1.75. The van der Waals surface area contributed by atoms with Gasteiger partial charge in [-0.3, -0.25) is 4.79 Å². The Balaban J connectivity index is 2.08. The Bertz CT molecular complexity index is 586. The van der Waals surface area contributed by atoms with Crippen molar-refractivity contribution < 1.29 is 9.18 Å². The molecule has 0 saturated carbocycles. The lowest BCUT2D eigenvalue weighted by molar-refractivity contribution is 0.0934. The van der Waals surface area contributed by atoms with Crippen LogP contribution in [0.1, 0.15) is 29.0 Å². The van der Waals surface area contributed by atoms with Crippen LogP contribution in [0.25, 0.3) is 0 Å². The molecule has 0 aliphatic carbocycles. The molecular weight excluding hydrogens is 311 g/mol. The van der Waals surface area contributed by atoms with Crippen LogP contribution in [-0.4, -0.2) is 10.9 Å². The maximum atomic E-state index is 13.1. The minimum atomic E-state index is -0.319. The van der Waals surface area contributed by atoms with Crippen molar-refractivity contribution in [2.75, 3.05) is 0 Å². The van der Waals surface area contributed by atoms with E-state index in [9.17, 15) is 9.18 Å². The highest BCUT2D eigenvalue weighted by Crippen LogP contribution is 2.14. The van der Waals surface area contributed by atoms with Gasteiger partial charge in [0.05, 0.1) is 6.04 Å². The molecule has 1 aromatic carbocycles. The van der Waals surface area contributed by atoms with E-state index in [2.05, 4.69) is 26.2 Å². The number of benzene rings is 1. The van der Waals surface area contributed by atoms with Gasteiger partial charge in [0.15, 0.2) is 0 Å². The first-order valence-corrected chi connectivity index (χ1v) is 6.53. The van der Waals surface area contributed by atoms with Crippen molar-refractivity contribution >= 4 is 21.8 Å². The first kappa shape index (κ1) is 13.7. The van der Waals surface area contributed by atoms with E-state index < -0.39 is 0 Å². The fourth-order valence-electron chi connectivity index (χ4n) is 1.64. The van der Waals surface area contributed by atoms with Crippen molar-refractivity contribution in [1.29, 1.82) is 0 Å². The number of amides is 1. The Morgan fingerprint density at radius 1 is 1.37 bits per heavy atom. The summed E-state index contributed by atoms with van der Waals surface area (Å²) < 4.78 is 13.9. The smallest absolute Gasteiger partial charge is 0.270 e. The van der Waals surface area contributed by atoms with Crippen LogP contribution in [0, 0.1) is 5.82 Å². The van der Waals surface area contributed by atoms with Gasteiger partial charge in [-0.1, -0.05) is 12.1 Å². The zero-order valence-corrected chi connectivity index (χ0v) is 11.8. The highest BCUT2D eigenvalue weighted by Gasteiger charge is 2.12. The van der Waals surface area contributed by atoms with E-state index in [1.165, 1.54) is 12.1 Å². The monoisotopic (exact) mass is 322 g/mol. The number of nitrogens with one attached hydrogen (secondary N) is 1. The zero-order chi connectivity index (χ0) is 13.8. The number of carbonyl (C=O) groups is 1. The summed E-state index contributed by atoms with van der Waals surface area (Å²) in [7, 11) is 0. The number of hydrogen-bond acceptors (Lipinski definition) is 2. The van der Waals surface area contributed by atoms with Crippen molar-refractivity contribution in [3.63, 3.8) is 0 Å². The SMILES string of the molecule is CC(NC(=O)c1ccc(Br)cn1)c1cccc(F)c1. The highest BCUT2D eigenvalue weighted by molar-refractivity contribution is 9.10. The molecule has 1 amide bonds. The molecule has 0 radical (unpaired) electrons. The number of aromatic nitrogens is 1. The van der Waals surface area contributed by atoms with Crippen LogP contribution in [-0.2, 0) is 0 Å². The van der Waals surface area contributed by atoms with Crippen LogP contribution in [0.4, 0.5) is 4.39 Å². The molecule has 19 heavy (non-hydrogen) atoms. The van der Waals surface area contributed by atoms with Crippen molar-refractivity contribution in [2.24, 2.45) is 0 Å². The molecule has 0 spiro atoms. The summed E-state index contributed by atoms with van der Waals surface area (Å²) in [5.41, 5.74) is 1.04. The summed E-state index contributed by atoms with van der Waals surface area (Å²) in [5, 5.41) is 2.78. The zero-order valence-electron chi connectivity index (χ0n) is 10.2. The van der Waals surface area contributed by atoms with Crippen LogP contribution in [0.5, 0.6) is 0 Å². The Morgan fingerprint density at radius 3 is 2.79 bits per heavy atom. The summed E-state index contributed by atoms with van der Waals surface area (Å²) in [6.45, 7) is 1.80. The third-order valence-corrected chi connectivity index (χ3v) is 3.13. The lowest BCUT2D eigenvalue weighted by atomic mass is 10.1. The molecule has 0 saturated heterocycles. The van der Waals surface area contributed by atoms with E-state index in [-0.39, 0.29) is 17.8 Å². The first-order valence-electron chi connectivity index (χ1n) is 5.74. The van der Waals surface area contributed by atoms with Gasteiger partial charge in [-0.25, -0.2) is 9.37 Å². The third kappa shape index (κ3) is 3.61. The Morgan fingerprint density at radius 2 is 2.16 bits per heavy atom. The van der Waals surface area contributed by atoms with Crippen LogP contribution in [0.2, 0.25) is 0 Å². The van der Waals surface area contributed by atoms with Gasteiger partial charge in [-0.2, -0.15) is 0 Å². The van der Waals surface area contributed by atoms with Gasteiger partial charge < -0.3 is 5.32 Å². The normalized spacial score (nSPS) is 11.9. The fourth-order valence-corrected chi connectivity index (χ4v) is 1.87. The van der Waals surface area contributed by atoms with Gasteiger partial charge in [0.25, 0.3) is 5.91 Å². The van der Waals surface area contributed by atoms with Gasteiger partial charge in [0, 0.05) is 10.7 Å². The standard InChI is InChI=1S/C14H12BrFN2O/c1-9(10-3-2-4-12(16)7-10)18-14(19)13-6-5-11(15)8-17-13/h2-9H,1H3,(H,18,19). The van der Waals surface area contributed by atoms with E-state index in [0.29, 0.717) is 11.3 Å². The Kier molecular flexibility index (Phi) is 4.27. The lowest BCUT2D eigenvalue weighted by Crippen LogP contribution is -2.27. The van der Waals surface area contributed by atoms with Crippen LogP contribution in [0.3, 0.4) is 0 Å². The molecule has 2 rings (SSSR count). The number of carbonyl (C=O) groups excluding carboxylic acids is 1. The average molecular weight is 323 g/mol. The van der Waals surface area contributed by atoms with Gasteiger partial charge in [-0.15, -0.1) is 0 Å². The molecule has 1 heterocycles. The minimum absolute atomic E-state index is 0.284. The van der Waals surface area contributed by atoms with Gasteiger partial charge in [0.2, 0.25) is 0 Å². The van der Waals surface area contributed by atoms with E-state index in [1.54, 1.807) is 37.4 Å². The van der Waals surface area contributed by atoms with Crippen molar-refractivity contribution in [3.05, 3.63) is 64.1 Å². The molecule has 0 fully saturated rings. The maximum absolute atomic E-state index is 13.1. The number of halogens is 2. The predicted molar refractivity (Wildman–Crippen MR) is 74.2 cm³/mol. The molecule has 1 N–H and O–H groups in total. The second-order valence-electron chi connectivity index (χ2n) is 4.11. The van der Waals surface area contributed by atoms with E-state index in [0.717, 1.165) is 4.47 Å². The van der Waals surface area contributed by atoms with E-state index in [4.69, 9.17) is 0 Å². The summed E-state index contributed by atoms with van der Waals surface area (Å²) in [6, 6.07) is 9.24. The molecule has 2 aromatic rings. The van der Waals surface area contributed by atoms with Gasteiger partial charge >= 0.3 is 0 Å². The average Bonchev–Trinajstić information content (AvgIpc) is 2.39. The largest absolute Gasteiger partial charge is 0.344 e. The molecule has 1 atom stereocenters. The summed E-state index contributed by atoms with van der Waals surface area (Å²) in [5.74, 6) is -0.607. The van der Waals surface area contributed by atoms with Crippen molar-refractivity contribution in [3.8, 4) is 0 Å². The molecule has 1 aromatic heterocycles. The molecular formula is C14H12BrFN2O. The van der Waals surface area contributed by atoms with Crippen molar-refractivity contribution in [1.82, 2.24) is 10.3 Å². The van der Waals surface area contributed by atoms with Crippen LogP contribution >= 0.6 is 15.9 Å². The summed E-state index contributed by atoms with van der Waals surface area (Å²) in [6.07, 6.45) is 1.56. The van der Waals surface area contributed by atoms with Gasteiger partial charge in [-0.05, 0) is 52.7 Å². The summed E-state index contributed by atoms with van der Waals surface area (Å²) >= 11 is 3.25. The highest BCUT2D eigenvalue weighted by atomic mass is 79.9. The topological polar surface area (TPSA) is 42.0 Å². The predicted octanol–water partition coefficient (Wildman–Crippen LogP) is 3.47. The lowest BCUT2D eigenvalue weighted by Gasteiger charge is -2.14. The number of nitrogens with zero attached hydrogens (tertiary/aromatic N) is 1. The second kappa shape index (κ2) is 5.93.